The van der Waals surface area contributed by atoms with Crippen LogP contribution in [0.15, 0.2) is 18.2 Å². The van der Waals surface area contributed by atoms with Crippen LogP contribution in [-0.2, 0) is 6.54 Å². The van der Waals surface area contributed by atoms with Crippen molar-refractivity contribution in [3.05, 3.63) is 33.8 Å². The van der Waals surface area contributed by atoms with E-state index in [1.165, 1.54) is 0 Å². The molecule has 0 aromatic heterocycles. The molecule has 0 unspecified atom stereocenters. The Balaban J connectivity index is 2.27. The summed E-state index contributed by atoms with van der Waals surface area (Å²) in [5, 5.41) is 4.56. The molecule has 0 heterocycles. The monoisotopic (exact) mass is 255 g/mol. The molecule has 0 aliphatic carbocycles. The van der Waals surface area contributed by atoms with E-state index in [4.69, 9.17) is 29.6 Å². The molecule has 0 atom stereocenters. The van der Waals surface area contributed by atoms with Crippen molar-refractivity contribution in [2.24, 2.45) is 0 Å². The van der Waals surface area contributed by atoms with Crippen LogP contribution >= 0.6 is 23.2 Å². The first kappa shape index (κ1) is 13.4. The first-order valence-corrected chi connectivity index (χ1v) is 6.08. The first-order valence-electron chi connectivity index (χ1n) is 5.32. The highest BCUT2D eigenvalue weighted by molar-refractivity contribution is 6.42. The average Bonchev–Trinajstić information content (AvgIpc) is 2.29. The zero-order chi connectivity index (χ0) is 11.8. The van der Waals surface area contributed by atoms with Gasteiger partial charge in [-0.1, -0.05) is 35.3 Å². The van der Waals surface area contributed by atoms with E-state index in [9.17, 15) is 0 Å². The lowest BCUT2D eigenvalue weighted by atomic mass is 10.2. The molecular weight excluding hydrogens is 241 g/mol. The number of unbranched alkanes of at least 4 members (excludes halogenated alkanes) is 2. The van der Waals surface area contributed by atoms with E-state index in [1.54, 1.807) is 6.07 Å². The fourth-order valence-corrected chi connectivity index (χ4v) is 1.77. The van der Waals surface area contributed by atoms with Crippen molar-refractivity contribution < 1.29 is 0 Å². The molecule has 16 heavy (non-hydrogen) atoms. The lowest BCUT2D eigenvalue weighted by molar-refractivity contribution is 0.630. The van der Waals surface area contributed by atoms with E-state index < -0.39 is 0 Å². The van der Waals surface area contributed by atoms with Crippen LogP contribution < -0.4 is 5.32 Å². The fourth-order valence-electron chi connectivity index (χ4n) is 1.39. The highest BCUT2D eigenvalue weighted by atomic mass is 35.5. The lowest BCUT2D eigenvalue weighted by Gasteiger charge is -2.07. The number of hydrogen-bond donors (Lipinski definition) is 1. The van der Waals surface area contributed by atoms with Crippen molar-refractivity contribution in [3.63, 3.8) is 0 Å². The summed E-state index contributed by atoms with van der Waals surface area (Å²) in [6.07, 6.45) is 8.16. The molecular formula is C13H15Cl2N. The number of halogens is 2. The van der Waals surface area contributed by atoms with Gasteiger partial charge >= 0.3 is 0 Å². The number of hydrogen-bond acceptors (Lipinski definition) is 1. The number of nitrogens with one attached hydrogen (secondary N) is 1. The molecule has 1 aromatic carbocycles. The van der Waals surface area contributed by atoms with Crippen LogP contribution in [0.2, 0.25) is 10.0 Å². The van der Waals surface area contributed by atoms with Gasteiger partial charge in [-0.15, -0.1) is 12.3 Å². The van der Waals surface area contributed by atoms with Crippen LogP contribution in [0.3, 0.4) is 0 Å². The van der Waals surface area contributed by atoms with Gasteiger partial charge in [0.15, 0.2) is 0 Å². The number of rotatable bonds is 6. The maximum atomic E-state index is 6.06. The van der Waals surface area contributed by atoms with Gasteiger partial charge in [0.1, 0.15) is 0 Å². The van der Waals surface area contributed by atoms with E-state index in [-0.39, 0.29) is 0 Å². The van der Waals surface area contributed by atoms with E-state index in [2.05, 4.69) is 11.2 Å². The van der Waals surface area contributed by atoms with Crippen LogP contribution in [0.5, 0.6) is 0 Å². The summed E-state index contributed by atoms with van der Waals surface area (Å²) in [4.78, 5) is 0. The highest BCUT2D eigenvalue weighted by Crippen LogP contribution is 2.25. The highest BCUT2D eigenvalue weighted by Gasteiger charge is 2.02. The van der Waals surface area contributed by atoms with Gasteiger partial charge < -0.3 is 5.32 Å². The predicted molar refractivity (Wildman–Crippen MR) is 70.9 cm³/mol. The molecule has 0 aliphatic heterocycles. The third kappa shape index (κ3) is 4.45. The second kappa shape index (κ2) is 7.57. The molecule has 86 valence electrons. The van der Waals surface area contributed by atoms with Crippen LogP contribution in [0.4, 0.5) is 0 Å². The van der Waals surface area contributed by atoms with Gasteiger partial charge in [-0.3, -0.25) is 0 Å². The zero-order valence-electron chi connectivity index (χ0n) is 9.10. The second-order valence-corrected chi connectivity index (χ2v) is 4.34. The summed E-state index contributed by atoms with van der Waals surface area (Å²) in [5.41, 5.74) is 1.03. The fraction of sp³-hybridized carbons (Fsp3) is 0.385. The summed E-state index contributed by atoms with van der Waals surface area (Å²) in [7, 11) is 0. The molecule has 0 amide bonds. The number of benzene rings is 1. The normalized spacial score (nSPS) is 10.1. The van der Waals surface area contributed by atoms with Crippen molar-refractivity contribution in [2.75, 3.05) is 6.54 Å². The SMILES string of the molecule is C#CCCCCNCc1cccc(Cl)c1Cl. The van der Waals surface area contributed by atoms with Crippen LogP contribution in [0, 0.1) is 12.3 Å². The summed E-state index contributed by atoms with van der Waals surface area (Å²) in [5.74, 6) is 2.63. The van der Waals surface area contributed by atoms with Gasteiger partial charge in [0.25, 0.3) is 0 Å². The Morgan fingerprint density at radius 1 is 1.25 bits per heavy atom. The largest absolute Gasteiger partial charge is 0.313 e. The Bertz CT molecular complexity index is 369. The Morgan fingerprint density at radius 2 is 2.06 bits per heavy atom. The van der Waals surface area contributed by atoms with E-state index >= 15 is 0 Å². The Hall–Kier alpha value is -0.680. The maximum Gasteiger partial charge on any atom is 0.0637 e. The zero-order valence-corrected chi connectivity index (χ0v) is 10.6. The summed E-state index contributed by atoms with van der Waals surface area (Å²) in [6, 6.07) is 5.67. The van der Waals surface area contributed by atoms with Crippen molar-refractivity contribution in [3.8, 4) is 12.3 Å². The predicted octanol–water partition coefficient (Wildman–Crippen LogP) is 3.89. The van der Waals surface area contributed by atoms with Gasteiger partial charge in [-0.2, -0.15) is 0 Å². The van der Waals surface area contributed by atoms with Crippen molar-refractivity contribution >= 4 is 23.2 Å². The Kier molecular flexibility index (Phi) is 6.33. The average molecular weight is 256 g/mol. The molecule has 0 radical (unpaired) electrons. The lowest BCUT2D eigenvalue weighted by Crippen LogP contribution is -2.14. The molecule has 1 N–H and O–H groups in total. The topological polar surface area (TPSA) is 12.0 Å². The molecule has 1 aromatic rings. The molecule has 3 heteroatoms. The van der Waals surface area contributed by atoms with Crippen LogP contribution in [0.25, 0.3) is 0 Å². The number of terminal acetylenes is 1. The first-order chi connectivity index (χ1) is 7.75. The standard InChI is InChI=1S/C13H15Cl2N/c1-2-3-4-5-9-16-10-11-7-6-8-12(14)13(11)15/h1,6-8,16H,3-5,9-10H2. The molecule has 0 bridgehead atoms. The molecule has 0 fully saturated rings. The Labute approximate surface area is 107 Å². The molecule has 0 saturated heterocycles. The van der Waals surface area contributed by atoms with Gasteiger partial charge in [0.2, 0.25) is 0 Å². The van der Waals surface area contributed by atoms with Crippen molar-refractivity contribution in [2.45, 2.75) is 25.8 Å². The minimum atomic E-state index is 0.605. The van der Waals surface area contributed by atoms with E-state index in [0.29, 0.717) is 10.0 Å². The molecule has 1 nitrogen and oxygen atoms in total. The van der Waals surface area contributed by atoms with Crippen LogP contribution in [0.1, 0.15) is 24.8 Å². The molecule has 0 aliphatic rings. The maximum absolute atomic E-state index is 6.06. The van der Waals surface area contributed by atoms with Crippen molar-refractivity contribution in [1.82, 2.24) is 5.32 Å². The molecule has 1 rings (SSSR count). The quantitative estimate of drug-likeness (QED) is 0.601. The van der Waals surface area contributed by atoms with Gasteiger partial charge in [-0.05, 0) is 31.0 Å². The van der Waals surface area contributed by atoms with Gasteiger partial charge in [0, 0.05) is 13.0 Å². The summed E-state index contributed by atoms with van der Waals surface area (Å²) >= 11 is 12.0. The van der Waals surface area contributed by atoms with E-state index in [1.807, 2.05) is 12.1 Å². The summed E-state index contributed by atoms with van der Waals surface area (Å²) < 4.78 is 0. The van der Waals surface area contributed by atoms with E-state index in [0.717, 1.165) is 37.9 Å². The molecule has 0 spiro atoms. The minimum Gasteiger partial charge on any atom is -0.313 e. The summed E-state index contributed by atoms with van der Waals surface area (Å²) in [6.45, 7) is 1.69. The second-order valence-electron chi connectivity index (χ2n) is 3.55. The third-order valence-corrected chi connectivity index (χ3v) is 3.13. The Morgan fingerprint density at radius 3 is 2.81 bits per heavy atom. The molecule has 0 saturated carbocycles. The van der Waals surface area contributed by atoms with Gasteiger partial charge in [-0.25, -0.2) is 0 Å². The third-order valence-electron chi connectivity index (χ3n) is 2.27. The van der Waals surface area contributed by atoms with Crippen molar-refractivity contribution in [1.29, 1.82) is 0 Å². The van der Waals surface area contributed by atoms with Crippen LogP contribution in [-0.4, -0.2) is 6.54 Å². The minimum absolute atomic E-state index is 0.605. The van der Waals surface area contributed by atoms with Gasteiger partial charge in [0.05, 0.1) is 10.0 Å². The smallest absolute Gasteiger partial charge is 0.0637 e.